The SMILES string of the molecule is CS(=O)(=O)N1C(=O)COc2ccc(-c3csc(-c4ccccc4)n3)cc21. The zero-order valence-electron chi connectivity index (χ0n) is 13.7. The molecular formula is C18H14N2O4S2. The summed E-state index contributed by atoms with van der Waals surface area (Å²) in [5, 5.41) is 2.77. The summed E-state index contributed by atoms with van der Waals surface area (Å²) >= 11 is 1.50. The first-order valence-electron chi connectivity index (χ1n) is 7.75. The van der Waals surface area contributed by atoms with Gasteiger partial charge in [-0.2, -0.15) is 0 Å². The Morgan fingerprint density at radius 1 is 1.12 bits per heavy atom. The number of hydrogen-bond donors (Lipinski definition) is 0. The Bertz CT molecular complexity index is 1090. The molecule has 0 aliphatic carbocycles. The van der Waals surface area contributed by atoms with E-state index in [1.807, 2.05) is 35.7 Å². The average molecular weight is 386 g/mol. The fourth-order valence-electron chi connectivity index (χ4n) is 2.77. The summed E-state index contributed by atoms with van der Waals surface area (Å²) in [7, 11) is -3.74. The summed E-state index contributed by atoms with van der Waals surface area (Å²) < 4.78 is 30.2. The first-order valence-corrected chi connectivity index (χ1v) is 10.5. The van der Waals surface area contributed by atoms with Crippen LogP contribution >= 0.6 is 11.3 Å². The monoisotopic (exact) mass is 386 g/mol. The highest BCUT2D eigenvalue weighted by Crippen LogP contribution is 2.38. The molecule has 0 radical (unpaired) electrons. The van der Waals surface area contributed by atoms with Crippen LogP contribution in [0.15, 0.2) is 53.9 Å². The van der Waals surface area contributed by atoms with Gasteiger partial charge in [0, 0.05) is 16.5 Å². The number of thiazole rings is 1. The molecule has 0 atom stereocenters. The third kappa shape index (κ3) is 2.97. The molecule has 132 valence electrons. The van der Waals surface area contributed by atoms with Gasteiger partial charge in [-0.15, -0.1) is 11.3 Å². The number of amides is 1. The van der Waals surface area contributed by atoms with Crippen molar-refractivity contribution in [2.24, 2.45) is 0 Å². The molecule has 6 nitrogen and oxygen atoms in total. The Kier molecular flexibility index (Phi) is 4.01. The second-order valence-electron chi connectivity index (χ2n) is 5.80. The molecule has 0 saturated carbocycles. The van der Waals surface area contributed by atoms with E-state index in [-0.39, 0.29) is 12.3 Å². The summed E-state index contributed by atoms with van der Waals surface area (Å²) in [6.07, 6.45) is 1.00. The molecule has 3 aromatic rings. The predicted octanol–water partition coefficient (Wildman–Crippen LogP) is 3.16. The standard InChI is InChI=1S/C18H14N2O4S2/c1-26(22,23)20-15-9-13(7-8-16(15)24-10-17(20)21)14-11-25-18(19-14)12-5-3-2-4-6-12/h2-9,11H,10H2,1H3. The van der Waals surface area contributed by atoms with Gasteiger partial charge in [0.1, 0.15) is 16.4 Å². The van der Waals surface area contributed by atoms with Crippen molar-refractivity contribution >= 4 is 33.0 Å². The van der Waals surface area contributed by atoms with Crippen molar-refractivity contribution in [3.8, 4) is 27.6 Å². The number of benzene rings is 2. The largest absolute Gasteiger partial charge is 0.481 e. The van der Waals surface area contributed by atoms with Crippen LogP contribution in [0.25, 0.3) is 21.8 Å². The fraction of sp³-hybridized carbons (Fsp3) is 0.111. The van der Waals surface area contributed by atoms with Gasteiger partial charge in [0.2, 0.25) is 10.0 Å². The van der Waals surface area contributed by atoms with Crippen LogP contribution in [0.2, 0.25) is 0 Å². The van der Waals surface area contributed by atoms with Gasteiger partial charge >= 0.3 is 0 Å². The number of anilines is 1. The van der Waals surface area contributed by atoms with E-state index in [1.165, 1.54) is 11.3 Å². The van der Waals surface area contributed by atoms with Crippen molar-refractivity contribution in [3.05, 3.63) is 53.9 Å². The van der Waals surface area contributed by atoms with Crippen molar-refractivity contribution in [3.63, 3.8) is 0 Å². The molecule has 26 heavy (non-hydrogen) atoms. The third-order valence-corrected chi connectivity index (χ3v) is 5.86. The van der Waals surface area contributed by atoms with Crippen LogP contribution in [0.5, 0.6) is 5.75 Å². The van der Waals surface area contributed by atoms with Gasteiger partial charge in [-0.05, 0) is 18.2 Å². The van der Waals surface area contributed by atoms with E-state index >= 15 is 0 Å². The summed E-state index contributed by atoms with van der Waals surface area (Å²) in [6, 6.07) is 14.9. The topological polar surface area (TPSA) is 76.6 Å². The van der Waals surface area contributed by atoms with Gasteiger partial charge < -0.3 is 4.74 Å². The second-order valence-corrected chi connectivity index (χ2v) is 8.49. The Morgan fingerprint density at radius 2 is 1.88 bits per heavy atom. The van der Waals surface area contributed by atoms with E-state index in [0.29, 0.717) is 17.0 Å². The van der Waals surface area contributed by atoms with E-state index in [4.69, 9.17) is 4.74 Å². The molecule has 0 bridgehead atoms. The van der Waals surface area contributed by atoms with Crippen LogP contribution in [-0.2, 0) is 14.8 Å². The molecule has 8 heteroatoms. The molecule has 0 fully saturated rings. The molecule has 0 N–H and O–H groups in total. The molecule has 1 aliphatic heterocycles. The minimum absolute atomic E-state index is 0.218. The van der Waals surface area contributed by atoms with Crippen LogP contribution < -0.4 is 9.04 Å². The van der Waals surface area contributed by atoms with Gasteiger partial charge in [-0.1, -0.05) is 30.3 Å². The lowest BCUT2D eigenvalue weighted by Gasteiger charge is -2.27. The van der Waals surface area contributed by atoms with Crippen LogP contribution in [0.4, 0.5) is 5.69 Å². The number of rotatable bonds is 3. The van der Waals surface area contributed by atoms with Crippen molar-refractivity contribution < 1.29 is 17.9 Å². The number of hydrogen-bond acceptors (Lipinski definition) is 6. The lowest BCUT2D eigenvalue weighted by molar-refractivity contribution is -0.120. The summed E-state index contributed by atoms with van der Waals surface area (Å²) in [6.45, 7) is -0.297. The highest BCUT2D eigenvalue weighted by molar-refractivity contribution is 7.92. The molecule has 1 aromatic heterocycles. The van der Waals surface area contributed by atoms with E-state index in [2.05, 4.69) is 4.98 Å². The lowest BCUT2D eigenvalue weighted by Crippen LogP contribution is -2.42. The smallest absolute Gasteiger partial charge is 0.278 e. The third-order valence-electron chi connectivity index (χ3n) is 3.91. The Balaban J connectivity index is 1.77. The fourth-order valence-corrected chi connectivity index (χ4v) is 4.53. The van der Waals surface area contributed by atoms with Crippen LogP contribution in [0.1, 0.15) is 0 Å². The maximum Gasteiger partial charge on any atom is 0.278 e. The maximum absolute atomic E-state index is 12.0. The summed E-state index contributed by atoms with van der Waals surface area (Å²) in [5.41, 5.74) is 2.66. The van der Waals surface area contributed by atoms with Crippen molar-refractivity contribution in [2.45, 2.75) is 0 Å². The van der Waals surface area contributed by atoms with E-state index in [1.54, 1.807) is 18.2 Å². The molecule has 2 heterocycles. The molecule has 2 aromatic carbocycles. The van der Waals surface area contributed by atoms with E-state index < -0.39 is 15.9 Å². The number of sulfonamides is 1. The zero-order valence-corrected chi connectivity index (χ0v) is 15.4. The normalized spacial score (nSPS) is 14.0. The molecule has 1 aliphatic rings. The van der Waals surface area contributed by atoms with Crippen molar-refractivity contribution in [1.82, 2.24) is 4.98 Å². The van der Waals surface area contributed by atoms with Gasteiger partial charge in [-0.25, -0.2) is 17.7 Å². The minimum Gasteiger partial charge on any atom is -0.481 e. The Labute approximate surface area is 154 Å². The van der Waals surface area contributed by atoms with Crippen molar-refractivity contribution in [2.75, 3.05) is 17.2 Å². The van der Waals surface area contributed by atoms with Gasteiger partial charge in [0.15, 0.2) is 6.61 Å². The lowest BCUT2D eigenvalue weighted by atomic mass is 10.1. The number of nitrogens with zero attached hydrogens (tertiary/aromatic N) is 2. The number of aromatic nitrogens is 1. The first kappa shape index (κ1) is 16.7. The Hall–Kier alpha value is -2.71. The molecule has 0 saturated heterocycles. The van der Waals surface area contributed by atoms with E-state index in [9.17, 15) is 13.2 Å². The molecule has 0 spiro atoms. The summed E-state index contributed by atoms with van der Waals surface area (Å²) in [5.74, 6) is -0.252. The number of fused-ring (bicyclic) bond motifs is 1. The van der Waals surface area contributed by atoms with Crippen LogP contribution in [0.3, 0.4) is 0 Å². The van der Waals surface area contributed by atoms with Gasteiger partial charge in [-0.3, -0.25) is 4.79 Å². The van der Waals surface area contributed by atoms with Crippen molar-refractivity contribution in [1.29, 1.82) is 0 Å². The number of carbonyl (C=O) groups is 1. The Morgan fingerprint density at radius 3 is 2.62 bits per heavy atom. The maximum atomic E-state index is 12.0. The van der Waals surface area contributed by atoms with Gasteiger partial charge in [0.25, 0.3) is 5.91 Å². The molecule has 1 amide bonds. The molecular weight excluding hydrogens is 372 g/mol. The average Bonchev–Trinajstić information content (AvgIpc) is 3.11. The minimum atomic E-state index is -3.74. The molecule has 4 rings (SSSR count). The predicted molar refractivity (Wildman–Crippen MR) is 101 cm³/mol. The van der Waals surface area contributed by atoms with Gasteiger partial charge in [0.05, 0.1) is 11.9 Å². The quantitative estimate of drug-likeness (QED) is 0.691. The number of ether oxygens (including phenoxy) is 1. The number of carbonyl (C=O) groups excluding carboxylic acids is 1. The zero-order chi connectivity index (χ0) is 18.3. The second kappa shape index (κ2) is 6.22. The highest BCUT2D eigenvalue weighted by Gasteiger charge is 2.32. The van der Waals surface area contributed by atoms with E-state index in [0.717, 1.165) is 21.1 Å². The molecule has 0 unspecified atom stereocenters. The highest BCUT2D eigenvalue weighted by atomic mass is 32.2. The van der Waals surface area contributed by atoms with Crippen LogP contribution in [0, 0.1) is 0 Å². The summed E-state index contributed by atoms with van der Waals surface area (Å²) in [4.78, 5) is 16.7. The van der Waals surface area contributed by atoms with Crippen LogP contribution in [-0.4, -0.2) is 32.2 Å². The first-order chi connectivity index (χ1) is 12.4.